The summed E-state index contributed by atoms with van der Waals surface area (Å²) in [5, 5.41) is 9.12. The maximum Gasteiger partial charge on any atom is 0.0484 e. The number of rotatable bonds is 2. The van der Waals surface area contributed by atoms with Gasteiger partial charge in [-0.15, -0.1) is 0 Å². The van der Waals surface area contributed by atoms with E-state index in [1.807, 2.05) is 0 Å². The van der Waals surface area contributed by atoms with Crippen molar-refractivity contribution in [2.75, 3.05) is 6.61 Å². The third kappa shape index (κ3) is 1.96. The predicted octanol–water partition coefficient (Wildman–Crippen LogP) is 2.44. The van der Waals surface area contributed by atoms with Crippen LogP contribution in [0.25, 0.3) is 0 Å². The second-order valence-electron chi connectivity index (χ2n) is 4.72. The maximum absolute atomic E-state index is 9.12. The van der Waals surface area contributed by atoms with Crippen molar-refractivity contribution in [1.82, 2.24) is 0 Å². The number of hydrogen-bond acceptors (Lipinski definition) is 1. The standard InChI is InChI=1S/C10H20O/c1-8(2)9-4-5-10(3,6-9)7-11/h8-9,11H,4-7H2,1-3H3/t9-,10+/m1/s1. The third-order valence-electron chi connectivity index (χ3n) is 3.20. The molecule has 0 heterocycles. The van der Waals surface area contributed by atoms with Gasteiger partial charge in [-0.05, 0) is 36.5 Å². The van der Waals surface area contributed by atoms with Crippen molar-refractivity contribution in [2.45, 2.75) is 40.0 Å². The number of aliphatic hydroxyl groups excluding tert-OH is 1. The molecule has 1 saturated carbocycles. The van der Waals surface area contributed by atoms with Crippen molar-refractivity contribution in [3.63, 3.8) is 0 Å². The summed E-state index contributed by atoms with van der Waals surface area (Å²) in [6.45, 7) is 7.15. The van der Waals surface area contributed by atoms with Gasteiger partial charge in [0.05, 0.1) is 0 Å². The molecule has 1 rings (SSSR count). The van der Waals surface area contributed by atoms with Crippen LogP contribution in [-0.4, -0.2) is 11.7 Å². The van der Waals surface area contributed by atoms with E-state index in [4.69, 9.17) is 5.11 Å². The van der Waals surface area contributed by atoms with Crippen molar-refractivity contribution < 1.29 is 5.11 Å². The second kappa shape index (κ2) is 3.14. The lowest BCUT2D eigenvalue weighted by molar-refractivity contribution is 0.140. The van der Waals surface area contributed by atoms with Crippen LogP contribution in [0.3, 0.4) is 0 Å². The summed E-state index contributed by atoms with van der Waals surface area (Å²) in [6, 6.07) is 0. The minimum atomic E-state index is 0.245. The highest BCUT2D eigenvalue weighted by Gasteiger charge is 2.35. The Morgan fingerprint density at radius 2 is 2.18 bits per heavy atom. The lowest BCUT2D eigenvalue weighted by Gasteiger charge is -2.21. The van der Waals surface area contributed by atoms with Gasteiger partial charge in [0.2, 0.25) is 0 Å². The molecule has 0 aromatic heterocycles. The monoisotopic (exact) mass is 156 g/mol. The van der Waals surface area contributed by atoms with E-state index in [2.05, 4.69) is 20.8 Å². The molecular formula is C10H20O. The Balaban J connectivity index is 2.46. The van der Waals surface area contributed by atoms with Crippen molar-refractivity contribution in [3.8, 4) is 0 Å². The Hall–Kier alpha value is -0.0400. The molecule has 0 radical (unpaired) electrons. The molecule has 1 aliphatic carbocycles. The smallest absolute Gasteiger partial charge is 0.0484 e. The van der Waals surface area contributed by atoms with Crippen LogP contribution in [0.2, 0.25) is 0 Å². The first-order valence-corrected chi connectivity index (χ1v) is 4.68. The zero-order valence-electron chi connectivity index (χ0n) is 7.93. The van der Waals surface area contributed by atoms with Gasteiger partial charge in [-0.2, -0.15) is 0 Å². The van der Waals surface area contributed by atoms with Crippen molar-refractivity contribution >= 4 is 0 Å². The van der Waals surface area contributed by atoms with Crippen LogP contribution in [0.1, 0.15) is 40.0 Å². The van der Waals surface area contributed by atoms with E-state index in [0.717, 1.165) is 11.8 Å². The van der Waals surface area contributed by atoms with Gasteiger partial charge in [-0.1, -0.05) is 20.8 Å². The first-order chi connectivity index (χ1) is 5.07. The molecule has 0 amide bonds. The normalized spacial score (nSPS) is 38.5. The van der Waals surface area contributed by atoms with Crippen LogP contribution < -0.4 is 0 Å². The van der Waals surface area contributed by atoms with E-state index in [1.165, 1.54) is 19.3 Å². The van der Waals surface area contributed by atoms with E-state index in [0.29, 0.717) is 6.61 Å². The summed E-state index contributed by atoms with van der Waals surface area (Å²) < 4.78 is 0. The van der Waals surface area contributed by atoms with Crippen LogP contribution in [0, 0.1) is 17.3 Å². The molecule has 1 heteroatoms. The van der Waals surface area contributed by atoms with Crippen LogP contribution >= 0.6 is 0 Å². The van der Waals surface area contributed by atoms with Crippen LogP contribution in [0.4, 0.5) is 0 Å². The highest BCUT2D eigenvalue weighted by atomic mass is 16.3. The second-order valence-corrected chi connectivity index (χ2v) is 4.72. The summed E-state index contributed by atoms with van der Waals surface area (Å²) in [5.41, 5.74) is 0.245. The van der Waals surface area contributed by atoms with Gasteiger partial charge in [0.15, 0.2) is 0 Å². The van der Waals surface area contributed by atoms with Gasteiger partial charge in [0, 0.05) is 6.61 Å². The zero-order valence-corrected chi connectivity index (χ0v) is 7.93. The summed E-state index contributed by atoms with van der Waals surface area (Å²) in [6.07, 6.45) is 3.75. The van der Waals surface area contributed by atoms with Gasteiger partial charge < -0.3 is 5.11 Å². The first-order valence-electron chi connectivity index (χ1n) is 4.68. The molecule has 1 nitrogen and oxygen atoms in total. The quantitative estimate of drug-likeness (QED) is 0.651. The molecule has 0 bridgehead atoms. The fourth-order valence-corrected chi connectivity index (χ4v) is 2.08. The van der Waals surface area contributed by atoms with E-state index < -0.39 is 0 Å². The summed E-state index contributed by atoms with van der Waals surface area (Å²) in [7, 11) is 0. The molecule has 11 heavy (non-hydrogen) atoms. The molecule has 0 saturated heterocycles. The molecule has 1 aliphatic rings. The van der Waals surface area contributed by atoms with Crippen molar-refractivity contribution in [1.29, 1.82) is 0 Å². The topological polar surface area (TPSA) is 20.2 Å². The molecule has 1 N–H and O–H groups in total. The van der Waals surface area contributed by atoms with Gasteiger partial charge >= 0.3 is 0 Å². The third-order valence-corrected chi connectivity index (χ3v) is 3.20. The lowest BCUT2D eigenvalue weighted by atomic mass is 9.86. The number of hydrogen-bond donors (Lipinski definition) is 1. The van der Waals surface area contributed by atoms with Crippen LogP contribution in [0.15, 0.2) is 0 Å². The summed E-state index contributed by atoms with van der Waals surface area (Å²) in [5.74, 6) is 1.65. The molecule has 0 aromatic carbocycles. The molecule has 0 aromatic rings. The fourth-order valence-electron chi connectivity index (χ4n) is 2.08. The molecule has 0 aliphatic heterocycles. The fraction of sp³-hybridized carbons (Fsp3) is 1.00. The molecule has 1 fully saturated rings. The molecule has 2 atom stereocenters. The minimum absolute atomic E-state index is 0.245. The maximum atomic E-state index is 9.12. The van der Waals surface area contributed by atoms with E-state index in [1.54, 1.807) is 0 Å². The molecular weight excluding hydrogens is 136 g/mol. The largest absolute Gasteiger partial charge is 0.396 e. The summed E-state index contributed by atoms with van der Waals surface area (Å²) in [4.78, 5) is 0. The lowest BCUT2D eigenvalue weighted by Crippen LogP contribution is -2.17. The number of aliphatic hydroxyl groups is 1. The Labute approximate surface area is 69.8 Å². The average Bonchev–Trinajstić information content (AvgIpc) is 2.33. The summed E-state index contributed by atoms with van der Waals surface area (Å²) >= 11 is 0. The van der Waals surface area contributed by atoms with Crippen molar-refractivity contribution in [2.24, 2.45) is 17.3 Å². The average molecular weight is 156 g/mol. The Kier molecular flexibility index (Phi) is 2.58. The van der Waals surface area contributed by atoms with Crippen LogP contribution in [-0.2, 0) is 0 Å². The molecule has 0 spiro atoms. The van der Waals surface area contributed by atoms with Gasteiger partial charge in [0.25, 0.3) is 0 Å². The Morgan fingerprint density at radius 3 is 2.45 bits per heavy atom. The predicted molar refractivity (Wildman–Crippen MR) is 47.4 cm³/mol. The van der Waals surface area contributed by atoms with Gasteiger partial charge in [-0.3, -0.25) is 0 Å². The van der Waals surface area contributed by atoms with E-state index in [-0.39, 0.29) is 5.41 Å². The van der Waals surface area contributed by atoms with E-state index >= 15 is 0 Å². The first kappa shape index (κ1) is 9.05. The van der Waals surface area contributed by atoms with Gasteiger partial charge in [-0.25, -0.2) is 0 Å². The SMILES string of the molecule is CC(C)[C@@H]1CC[C@](C)(CO)C1. The highest BCUT2D eigenvalue weighted by molar-refractivity contribution is 4.86. The minimum Gasteiger partial charge on any atom is -0.396 e. The highest BCUT2D eigenvalue weighted by Crippen LogP contribution is 2.43. The van der Waals surface area contributed by atoms with Crippen molar-refractivity contribution in [3.05, 3.63) is 0 Å². The molecule has 0 unspecified atom stereocenters. The van der Waals surface area contributed by atoms with Gasteiger partial charge in [0.1, 0.15) is 0 Å². The van der Waals surface area contributed by atoms with E-state index in [9.17, 15) is 0 Å². The molecule has 66 valence electrons. The van der Waals surface area contributed by atoms with Crippen LogP contribution in [0.5, 0.6) is 0 Å². The Morgan fingerprint density at radius 1 is 1.55 bits per heavy atom. The zero-order chi connectivity index (χ0) is 8.48. The Bertz CT molecular complexity index is 131.